The zero-order chi connectivity index (χ0) is 16.1. The van der Waals surface area contributed by atoms with Gasteiger partial charge in [0.05, 0.1) is 6.10 Å². The molecule has 1 aromatic heterocycles. The summed E-state index contributed by atoms with van der Waals surface area (Å²) in [6, 6.07) is 13.7. The average Bonchev–Trinajstić information content (AvgIpc) is 2.61. The molecular weight excluding hydrogens is 314 g/mol. The predicted molar refractivity (Wildman–Crippen MR) is 87.3 cm³/mol. The number of hydrogen-bond donors (Lipinski definition) is 0. The van der Waals surface area contributed by atoms with Crippen LogP contribution in [-0.2, 0) is 16.1 Å². The fraction of sp³-hybridized carbons (Fsp3) is 0.333. The average molecular weight is 332 g/mol. The van der Waals surface area contributed by atoms with E-state index in [0.717, 1.165) is 11.1 Å². The lowest BCUT2D eigenvalue weighted by Crippen LogP contribution is -2.23. The smallest absolute Gasteiger partial charge is 0.224 e. The van der Waals surface area contributed by atoms with Gasteiger partial charge in [-0.1, -0.05) is 30.3 Å². The van der Waals surface area contributed by atoms with E-state index in [1.807, 2.05) is 42.5 Å². The zero-order valence-corrected chi connectivity index (χ0v) is 13.4. The molecule has 2 heterocycles. The van der Waals surface area contributed by atoms with Gasteiger partial charge < -0.3 is 9.47 Å². The third-order valence-corrected chi connectivity index (χ3v) is 4.27. The maximum Gasteiger partial charge on any atom is 0.224 e. The number of benzene rings is 1. The molecular formula is C18H18ClNO3. The second-order valence-electron chi connectivity index (χ2n) is 5.59. The van der Waals surface area contributed by atoms with Gasteiger partial charge in [-0.25, -0.2) is 4.98 Å². The van der Waals surface area contributed by atoms with Crippen molar-refractivity contribution in [3.05, 3.63) is 59.8 Å². The van der Waals surface area contributed by atoms with E-state index >= 15 is 0 Å². The van der Waals surface area contributed by atoms with Crippen molar-refractivity contribution < 1.29 is 14.3 Å². The van der Waals surface area contributed by atoms with Crippen molar-refractivity contribution in [1.82, 2.24) is 4.98 Å². The Kier molecular flexibility index (Phi) is 5.26. The minimum Gasteiger partial charge on any atom is -0.473 e. The van der Waals surface area contributed by atoms with Crippen LogP contribution in [0.5, 0.6) is 5.88 Å². The Bertz CT molecular complexity index is 645. The van der Waals surface area contributed by atoms with Crippen molar-refractivity contribution >= 4 is 16.8 Å². The topological polar surface area (TPSA) is 48.4 Å². The molecule has 0 spiro atoms. The number of nitrogens with zero attached hydrogens (tertiary/aromatic N) is 1. The van der Waals surface area contributed by atoms with E-state index in [1.54, 1.807) is 6.20 Å². The Hall–Kier alpha value is -1.91. The summed E-state index contributed by atoms with van der Waals surface area (Å²) in [5.41, 5.74) is 2.04. The van der Waals surface area contributed by atoms with Crippen LogP contribution in [0.15, 0.2) is 48.7 Å². The minimum absolute atomic E-state index is 0.132. The standard InChI is InChI=1S/C18H18ClNO3/c19-18(21)14-8-9-22-16(10-14)15-6-7-17(20-11-15)23-12-13-4-2-1-3-5-13/h1-7,11,14,16H,8-10,12H2/t14-,16+/m0/s1. The van der Waals surface area contributed by atoms with Crippen LogP contribution in [-0.4, -0.2) is 16.8 Å². The number of halogens is 1. The summed E-state index contributed by atoms with van der Waals surface area (Å²) in [7, 11) is 0. The first kappa shape index (κ1) is 16.0. The molecule has 0 unspecified atom stereocenters. The van der Waals surface area contributed by atoms with Crippen LogP contribution in [0.1, 0.15) is 30.1 Å². The van der Waals surface area contributed by atoms with Crippen molar-refractivity contribution in [1.29, 1.82) is 0 Å². The van der Waals surface area contributed by atoms with Gasteiger partial charge in [0.15, 0.2) is 0 Å². The lowest BCUT2D eigenvalue weighted by molar-refractivity contribution is -0.120. The van der Waals surface area contributed by atoms with E-state index in [-0.39, 0.29) is 17.3 Å². The molecule has 4 nitrogen and oxygen atoms in total. The van der Waals surface area contributed by atoms with Crippen molar-refractivity contribution in [2.75, 3.05) is 6.61 Å². The van der Waals surface area contributed by atoms with Gasteiger partial charge in [0.2, 0.25) is 11.1 Å². The monoisotopic (exact) mass is 331 g/mol. The van der Waals surface area contributed by atoms with Gasteiger partial charge in [0.25, 0.3) is 0 Å². The summed E-state index contributed by atoms with van der Waals surface area (Å²) in [4.78, 5) is 15.6. The summed E-state index contributed by atoms with van der Waals surface area (Å²) in [5, 5.41) is -0.283. The highest BCUT2D eigenvalue weighted by Gasteiger charge is 2.28. The molecule has 0 bridgehead atoms. The van der Waals surface area contributed by atoms with Crippen LogP contribution < -0.4 is 4.74 Å². The van der Waals surface area contributed by atoms with Crippen molar-refractivity contribution in [2.45, 2.75) is 25.6 Å². The fourth-order valence-corrected chi connectivity index (χ4v) is 2.83. The van der Waals surface area contributed by atoms with Crippen LogP contribution in [0, 0.1) is 5.92 Å². The Balaban J connectivity index is 1.59. The van der Waals surface area contributed by atoms with Gasteiger partial charge in [-0.3, -0.25) is 4.79 Å². The normalized spacial score (nSPS) is 20.9. The summed E-state index contributed by atoms with van der Waals surface area (Å²) in [6.07, 6.45) is 2.90. The molecule has 2 atom stereocenters. The van der Waals surface area contributed by atoms with Gasteiger partial charge in [-0.2, -0.15) is 0 Å². The van der Waals surface area contributed by atoms with Crippen LogP contribution in [0.3, 0.4) is 0 Å². The summed E-state index contributed by atoms with van der Waals surface area (Å²) in [5.74, 6) is 0.433. The molecule has 23 heavy (non-hydrogen) atoms. The molecule has 1 fully saturated rings. The Labute approximate surface area is 140 Å². The van der Waals surface area contributed by atoms with Crippen LogP contribution in [0.25, 0.3) is 0 Å². The number of carbonyl (C=O) groups excluding carboxylic acids is 1. The first-order valence-electron chi connectivity index (χ1n) is 7.66. The maximum atomic E-state index is 11.3. The van der Waals surface area contributed by atoms with Gasteiger partial charge in [-0.05, 0) is 41.6 Å². The first-order chi connectivity index (χ1) is 11.2. The quantitative estimate of drug-likeness (QED) is 0.780. The second-order valence-corrected chi connectivity index (χ2v) is 5.96. The predicted octanol–water partition coefficient (Wildman–Crippen LogP) is 3.89. The van der Waals surface area contributed by atoms with E-state index in [4.69, 9.17) is 21.1 Å². The summed E-state index contributed by atoms with van der Waals surface area (Å²) < 4.78 is 11.4. The van der Waals surface area contributed by atoms with Crippen molar-refractivity contribution in [3.8, 4) is 5.88 Å². The third kappa shape index (κ3) is 4.30. The van der Waals surface area contributed by atoms with E-state index in [2.05, 4.69) is 4.98 Å². The highest BCUT2D eigenvalue weighted by Crippen LogP contribution is 2.32. The maximum absolute atomic E-state index is 11.3. The largest absolute Gasteiger partial charge is 0.473 e. The lowest BCUT2D eigenvalue weighted by atomic mass is 9.93. The Morgan fingerprint density at radius 3 is 2.78 bits per heavy atom. The van der Waals surface area contributed by atoms with Crippen LogP contribution in [0.4, 0.5) is 0 Å². The van der Waals surface area contributed by atoms with E-state index < -0.39 is 0 Å². The molecule has 1 aliphatic rings. The molecule has 0 saturated carbocycles. The summed E-state index contributed by atoms with van der Waals surface area (Å²) in [6.45, 7) is 1.02. The Morgan fingerprint density at radius 2 is 2.09 bits per heavy atom. The highest BCUT2D eigenvalue weighted by atomic mass is 35.5. The number of rotatable bonds is 5. The number of carbonyl (C=O) groups is 1. The molecule has 5 heteroatoms. The minimum atomic E-state index is -0.283. The highest BCUT2D eigenvalue weighted by molar-refractivity contribution is 6.63. The molecule has 120 valence electrons. The van der Waals surface area contributed by atoms with Gasteiger partial charge in [0, 0.05) is 24.8 Å². The van der Waals surface area contributed by atoms with Crippen molar-refractivity contribution in [2.24, 2.45) is 5.92 Å². The molecule has 0 N–H and O–H groups in total. The SMILES string of the molecule is O=C(Cl)[C@H]1CCO[C@@H](c2ccc(OCc3ccccc3)nc2)C1. The van der Waals surface area contributed by atoms with Gasteiger partial charge in [-0.15, -0.1) is 0 Å². The van der Waals surface area contributed by atoms with Gasteiger partial charge in [0.1, 0.15) is 6.61 Å². The van der Waals surface area contributed by atoms with E-state index in [9.17, 15) is 4.79 Å². The molecule has 1 saturated heterocycles. The molecule has 1 aliphatic heterocycles. The van der Waals surface area contributed by atoms with E-state index in [0.29, 0.717) is 31.9 Å². The molecule has 0 aliphatic carbocycles. The molecule has 0 amide bonds. The molecule has 2 aromatic rings. The number of aromatic nitrogens is 1. The Morgan fingerprint density at radius 1 is 1.26 bits per heavy atom. The van der Waals surface area contributed by atoms with Crippen LogP contribution in [0.2, 0.25) is 0 Å². The van der Waals surface area contributed by atoms with Gasteiger partial charge >= 0.3 is 0 Å². The second kappa shape index (κ2) is 7.57. The van der Waals surface area contributed by atoms with Crippen LogP contribution >= 0.6 is 11.6 Å². The molecule has 3 rings (SSSR count). The lowest BCUT2D eigenvalue weighted by Gasteiger charge is -2.27. The molecule has 1 aromatic carbocycles. The summed E-state index contributed by atoms with van der Waals surface area (Å²) >= 11 is 5.60. The first-order valence-corrected chi connectivity index (χ1v) is 8.04. The third-order valence-electron chi connectivity index (χ3n) is 3.97. The van der Waals surface area contributed by atoms with E-state index in [1.165, 1.54) is 0 Å². The van der Waals surface area contributed by atoms with Crippen molar-refractivity contribution in [3.63, 3.8) is 0 Å². The number of ether oxygens (including phenoxy) is 2. The molecule has 0 radical (unpaired) electrons. The number of pyridine rings is 1. The zero-order valence-electron chi connectivity index (χ0n) is 12.7. The number of hydrogen-bond acceptors (Lipinski definition) is 4. The fourth-order valence-electron chi connectivity index (χ4n) is 2.63.